The lowest BCUT2D eigenvalue weighted by atomic mass is 10.1. The summed E-state index contributed by atoms with van der Waals surface area (Å²) in [4.78, 5) is 23.8. The van der Waals surface area contributed by atoms with Crippen LogP contribution in [0.1, 0.15) is 16.7 Å². The summed E-state index contributed by atoms with van der Waals surface area (Å²) < 4.78 is 25.8. The van der Waals surface area contributed by atoms with Gasteiger partial charge in [-0.3, -0.25) is 9.59 Å². The van der Waals surface area contributed by atoms with E-state index < -0.39 is 10.0 Å². The van der Waals surface area contributed by atoms with E-state index in [9.17, 15) is 18.0 Å². The number of carbonyl (C=O) groups excluding carboxylic acids is 2. The van der Waals surface area contributed by atoms with Gasteiger partial charge in [0.15, 0.2) is 0 Å². The minimum atomic E-state index is -3.40. The molecule has 0 aliphatic carbocycles. The van der Waals surface area contributed by atoms with E-state index >= 15 is 0 Å². The van der Waals surface area contributed by atoms with Crippen molar-refractivity contribution in [1.82, 2.24) is 15.4 Å². The predicted molar refractivity (Wildman–Crippen MR) is 103 cm³/mol. The molecule has 0 spiro atoms. The highest BCUT2D eigenvalue weighted by Gasteiger charge is 2.13. The van der Waals surface area contributed by atoms with Crippen LogP contribution < -0.4 is 15.4 Å². The molecule has 27 heavy (non-hydrogen) atoms. The highest BCUT2D eigenvalue weighted by atomic mass is 32.2. The van der Waals surface area contributed by atoms with E-state index in [-0.39, 0.29) is 37.1 Å². The molecule has 0 atom stereocenters. The van der Waals surface area contributed by atoms with Gasteiger partial charge in [-0.05, 0) is 23.7 Å². The first kappa shape index (κ1) is 20.6. The largest absolute Gasteiger partial charge is 0.350 e. The molecular weight excluding hydrogens is 366 g/mol. The van der Waals surface area contributed by atoms with Crippen molar-refractivity contribution in [1.29, 1.82) is 0 Å². The van der Waals surface area contributed by atoms with E-state index in [0.29, 0.717) is 11.1 Å². The SMILES string of the molecule is CNS(=O)(=O)Cc1ccccc1CNC(=O)CNC(=O)Cc1ccccc1. The Bertz CT molecular complexity index is 883. The number of carbonyl (C=O) groups is 2. The summed E-state index contributed by atoms with van der Waals surface area (Å²) in [6.07, 6.45) is 0.207. The first-order chi connectivity index (χ1) is 12.9. The van der Waals surface area contributed by atoms with E-state index in [2.05, 4.69) is 15.4 Å². The van der Waals surface area contributed by atoms with Crippen molar-refractivity contribution in [2.24, 2.45) is 0 Å². The zero-order valence-corrected chi connectivity index (χ0v) is 15.9. The predicted octanol–water partition coefficient (Wildman–Crippen LogP) is 0.711. The highest BCUT2D eigenvalue weighted by molar-refractivity contribution is 7.88. The third kappa shape index (κ3) is 7.20. The highest BCUT2D eigenvalue weighted by Crippen LogP contribution is 2.11. The monoisotopic (exact) mass is 389 g/mol. The van der Waals surface area contributed by atoms with Crippen LogP contribution in [0.25, 0.3) is 0 Å². The molecule has 0 unspecified atom stereocenters. The molecule has 0 aromatic heterocycles. The van der Waals surface area contributed by atoms with Gasteiger partial charge >= 0.3 is 0 Å². The van der Waals surface area contributed by atoms with Gasteiger partial charge in [0, 0.05) is 6.54 Å². The van der Waals surface area contributed by atoms with Gasteiger partial charge in [-0.2, -0.15) is 0 Å². The Morgan fingerprint density at radius 2 is 1.48 bits per heavy atom. The van der Waals surface area contributed by atoms with Crippen molar-refractivity contribution in [3.63, 3.8) is 0 Å². The zero-order chi connectivity index (χ0) is 19.7. The quantitative estimate of drug-likeness (QED) is 0.587. The fourth-order valence-electron chi connectivity index (χ4n) is 2.43. The third-order valence-electron chi connectivity index (χ3n) is 3.90. The maximum absolute atomic E-state index is 12.0. The normalized spacial score (nSPS) is 11.0. The zero-order valence-electron chi connectivity index (χ0n) is 15.1. The Morgan fingerprint density at radius 3 is 2.15 bits per heavy atom. The summed E-state index contributed by atoms with van der Waals surface area (Å²) in [5, 5.41) is 5.27. The topological polar surface area (TPSA) is 104 Å². The lowest BCUT2D eigenvalue weighted by molar-refractivity contribution is -0.125. The fourth-order valence-corrected chi connectivity index (χ4v) is 3.26. The average molecular weight is 389 g/mol. The second kappa shape index (κ2) is 9.84. The molecule has 0 bridgehead atoms. The van der Waals surface area contributed by atoms with Crippen molar-refractivity contribution < 1.29 is 18.0 Å². The Kier molecular flexibility index (Phi) is 7.51. The van der Waals surface area contributed by atoms with Gasteiger partial charge in [-0.15, -0.1) is 0 Å². The molecule has 0 fully saturated rings. The van der Waals surface area contributed by atoms with E-state index in [1.807, 2.05) is 30.3 Å². The van der Waals surface area contributed by atoms with Crippen LogP contribution in [0.4, 0.5) is 0 Å². The molecule has 0 saturated heterocycles. The van der Waals surface area contributed by atoms with Crippen molar-refractivity contribution >= 4 is 21.8 Å². The Hall–Kier alpha value is -2.71. The van der Waals surface area contributed by atoms with Gasteiger partial charge < -0.3 is 10.6 Å². The lowest BCUT2D eigenvalue weighted by Gasteiger charge is -2.11. The van der Waals surface area contributed by atoms with Gasteiger partial charge in [-0.1, -0.05) is 54.6 Å². The minimum absolute atomic E-state index is 0.136. The van der Waals surface area contributed by atoms with Crippen LogP contribution in [0, 0.1) is 0 Å². The summed E-state index contributed by atoms with van der Waals surface area (Å²) in [5.74, 6) is -0.747. The van der Waals surface area contributed by atoms with Gasteiger partial charge in [0.2, 0.25) is 21.8 Å². The van der Waals surface area contributed by atoms with Crippen molar-refractivity contribution in [2.45, 2.75) is 18.7 Å². The maximum Gasteiger partial charge on any atom is 0.239 e. The van der Waals surface area contributed by atoms with E-state index in [1.165, 1.54) is 7.05 Å². The molecule has 0 aliphatic rings. The number of rotatable bonds is 9. The molecular formula is C19H23N3O4S. The Labute approximate surface area is 159 Å². The Balaban J connectivity index is 1.83. The average Bonchev–Trinajstić information content (AvgIpc) is 2.66. The fraction of sp³-hybridized carbons (Fsp3) is 0.263. The molecule has 2 amide bonds. The lowest BCUT2D eigenvalue weighted by Crippen LogP contribution is -2.37. The molecule has 3 N–H and O–H groups in total. The number of sulfonamides is 1. The first-order valence-electron chi connectivity index (χ1n) is 8.45. The molecule has 0 aliphatic heterocycles. The van der Waals surface area contributed by atoms with E-state index in [4.69, 9.17) is 0 Å². The number of amides is 2. The van der Waals surface area contributed by atoms with Crippen LogP contribution in [0.3, 0.4) is 0 Å². The molecule has 2 aromatic carbocycles. The molecule has 0 radical (unpaired) electrons. The molecule has 2 rings (SSSR count). The van der Waals surface area contributed by atoms with Gasteiger partial charge in [0.05, 0.1) is 18.7 Å². The third-order valence-corrected chi connectivity index (χ3v) is 5.22. The Morgan fingerprint density at radius 1 is 0.852 bits per heavy atom. The van der Waals surface area contributed by atoms with Crippen LogP contribution in [-0.4, -0.2) is 33.8 Å². The minimum Gasteiger partial charge on any atom is -0.350 e. The van der Waals surface area contributed by atoms with E-state index in [0.717, 1.165) is 5.56 Å². The summed E-state index contributed by atoms with van der Waals surface area (Å²) in [7, 11) is -2.05. The molecule has 8 heteroatoms. The molecule has 0 saturated carbocycles. The number of benzene rings is 2. The molecule has 0 heterocycles. The second-order valence-corrected chi connectivity index (χ2v) is 7.87. The van der Waals surface area contributed by atoms with Gasteiger partial charge in [-0.25, -0.2) is 13.1 Å². The van der Waals surface area contributed by atoms with Gasteiger partial charge in [0.1, 0.15) is 0 Å². The van der Waals surface area contributed by atoms with Crippen molar-refractivity contribution in [2.75, 3.05) is 13.6 Å². The smallest absolute Gasteiger partial charge is 0.239 e. The maximum atomic E-state index is 12.0. The molecule has 144 valence electrons. The van der Waals surface area contributed by atoms with Crippen LogP contribution in [0.2, 0.25) is 0 Å². The summed E-state index contributed by atoms with van der Waals surface area (Å²) in [5.41, 5.74) is 2.19. The van der Waals surface area contributed by atoms with Crippen molar-refractivity contribution in [3.8, 4) is 0 Å². The summed E-state index contributed by atoms with van der Waals surface area (Å²) >= 11 is 0. The van der Waals surface area contributed by atoms with Crippen molar-refractivity contribution in [3.05, 3.63) is 71.3 Å². The van der Waals surface area contributed by atoms with Crippen LogP contribution >= 0.6 is 0 Å². The number of hydrogen-bond acceptors (Lipinski definition) is 4. The molecule has 2 aromatic rings. The standard InChI is InChI=1S/C19H23N3O4S/c1-20-27(25,26)14-17-10-6-5-9-16(17)12-21-19(24)13-22-18(23)11-15-7-3-2-4-8-15/h2-10,20H,11-14H2,1H3,(H,21,24)(H,22,23). The van der Waals surface area contributed by atoms with Gasteiger partial charge in [0.25, 0.3) is 0 Å². The number of hydrogen-bond donors (Lipinski definition) is 3. The molecule has 7 nitrogen and oxygen atoms in total. The second-order valence-electron chi connectivity index (χ2n) is 5.95. The summed E-state index contributed by atoms with van der Waals surface area (Å²) in [6.45, 7) is 0.0471. The van der Waals surface area contributed by atoms with Crippen LogP contribution in [-0.2, 0) is 38.3 Å². The van der Waals surface area contributed by atoms with Crippen LogP contribution in [0.15, 0.2) is 54.6 Å². The van der Waals surface area contributed by atoms with Crippen LogP contribution in [0.5, 0.6) is 0 Å². The summed E-state index contributed by atoms with van der Waals surface area (Å²) in [6, 6.07) is 16.2. The van der Waals surface area contributed by atoms with E-state index in [1.54, 1.807) is 24.3 Å². The number of nitrogens with one attached hydrogen (secondary N) is 3. The first-order valence-corrected chi connectivity index (χ1v) is 10.1.